The molecule has 154 valence electrons. The Morgan fingerprint density at radius 2 is 1.55 bits per heavy atom. The second-order valence-electron chi connectivity index (χ2n) is 9.69. The van der Waals surface area contributed by atoms with Crippen molar-refractivity contribution in [2.75, 3.05) is 0 Å². The number of fused-ring (bicyclic) bond motifs is 6. The Labute approximate surface area is 176 Å². The summed E-state index contributed by atoms with van der Waals surface area (Å²) in [4.78, 5) is 3.41. The van der Waals surface area contributed by atoms with Gasteiger partial charge in [0.1, 0.15) is 0 Å². The van der Waals surface area contributed by atoms with E-state index in [9.17, 15) is 0 Å². The lowest BCUT2D eigenvalue weighted by molar-refractivity contribution is 0.118. The molecule has 1 heteroatoms. The Hall–Kier alpha value is -2.02. The number of hydrogen-bond acceptors (Lipinski definition) is 0. The van der Waals surface area contributed by atoms with E-state index in [0.29, 0.717) is 5.41 Å². The van der Waals surface area contributed by atoms with Crippen LogP contribution < -0.4 is 0 Å². The summed E-state index contributed by atoms with van der Waals surface area (Å²) in [5, 5.41) is 1.26. The summed E-state index contributed by atoms with van der Waals surface area (Å²) in [6.45, 7) is 9.01. The summed E-state index contributed by atoms with van der Waals surface area (Å²) in [5.41, 5.74) is 4.30. The first-order valence-electron chi connectivity index (χ1n) is 11.7. The molecule has 3 aliphatic carbocycles. The zero-order valence-electron chi connectivity index (χ0n) is 18.6. The molecule has 3 aliphatic rings. The van der Waals surface area contributed by atoms with Gasteiger partial charge in [-0.2, -0.15) is 0 Å². The van der Waals surface area contributed by atoms with E-state index >= 15 is 0 Å². The second-order valence-corrected chi connectivity index (χ2v) is 9.69. The summed E-state index contributed by atoms with van der Waals surface area (Å²) < 4.78 is 0. The molecule has 2 aromatic carbocycles. The fraction of sp³-hybridized carbons (Fsp3) is 0.500. The van der Waals surface area contributed by atoms with E-state index < -0.39 is 0 Å². The minimum Gasteiger partial charge on any atom is -0.355 e. The maximum Gasteiger partial charge on any atom is 0.0464 e. The molecule has 3 aromatic rings. The molecule has 2 bridgehead atoms. The van der Waals surface area contributed by atoms with Gasteiger partial charge >= 0.3 is 0 Å². The van der Waals surface area contributed by atoms with Gasteiger partial charge in [-0.25, -0.2) is 0 Å². The van der Waals surface area contributed by atoms with Crippen molar-refractivity contribution in [2.45, 2.75) is 59.8 Å². The van der Waals surface area contributed by atoms with Crippen LogP contribution >= 0.6 is 0 Å². The Morgan fingerprint density at radius 3 is 2.31 bits per heavy atom. The normalized spacial score (nSPS) is 28.3. The molecule has 0 radical (unpaired) electrons. The van der Waals surface area contributed by atoms with Gasteiger partial charge in [-0.05, 0) is 72.5 Å². The van der Waals surface area contributed by atoms with E-state index in [-0.39, 0.29) is 0 Å². The molecule has 0 aliphatic heterocycles. The van der Waals surface area contributed by atoms with Gasteiger partial charge in [-0.1, -0.05) is 82.6 Å². The van der Waals surface area contributed by atoms with Crippen molar-refractivity contribution in [3.05, 3.63) is 60.7 Å². The third-order valence-electron chi connectivity index (χ3n) is 7.71. The zero-order chi connectivity index (χ0) is 20.4. The van der Waals surface area contributed by atoms with E-state index in [1.165, 1.54) is 28.1 Å². The lowest BCUT2D eigenvalue weighted by Gasteiger charge is -2.37. The lowest BCUT2D eigenvalue weighted by Crippen LogP contribution is -2.30. The van der Waals surface area contributed by atoms with Crippen LogP contribution in [0.5, 0.6) is 0 Å². The number of H-pyrrole nitrogens is 1. The highest BCUT2D eigenvalue weighted by Gasteiger charge is 2.56. The first kappa shape index (κ1) is 20.3. The third-order valence-corrected chi connectivity index (χ3v) is 7.71. The number of rotatable bonds is 1. The molecular weight excluding hydrogens is 350 g/mol. The van der Waals surface area contributed by atoms with Gasteiger partial charge in [0, 0.05) is 16.6 Å². The molecule has 3 saturated carbocycles. The van der Waals surface area contributed by atoms with Crippen LogP contribution in [0.25, 0.3) is 22.2 Å². The summed E-state index contributed by atoms with van der Waals surface area (Å²) in [7, 11) is 0. The average Bonchev–Trinajstić information content (AvgIpc) is 3.50. The number of aromatic nitrogens is 1. The van der Waals surface area contributed by atoms with Gasteiger partial charge in [0.25, 0.3) is 0 Å². The quantitative estimate of drug-likeness (QED) is 0.432. The highest BCUT2D eigenvalue weighted by molar-refractivity contribution is 5.85. The molecule has 1 nitrogen and oxygen atoms in total. The van der Waals surface area contributed by atoms with Crippen LogP contribution in [0.2, 0.25) is 0 Å². The number of hydrogen-bond donors (Lipinski definition) is 1. The largest absolute Gasteiger partial charge is 0.355 e. The predicted molar refractivity (Wildman–Crippen MR) is 126 cm³/mol. The maximum atomic E-state index is 3.41. The Kier molecular flexibility index (Phi) is 5.86. The minimum atomic E-state index is 0.705. The lowest BCUT2D eigenvalue weighted by atomic mass is 9.68. The first-order valence-corrected chi connectivity index (χ1v) is 11.7. The minimum absolute atomic E-state index is 0.705. The van der Waals surface area contributed by atoms with Gasteiger partial charge in [-0.3, -0.25) is 0 Å². The molecule has 1 N–H and O–H groups in total. The first-order chi connectivity index (χ1) is 14.1. The fourth-order valence-electron chi connectivity index (χ4n) is 6.59. The number of para-hydroxylation sites is 1. The molecule has 4 atom stereocenters. The molecule has 1 heterocycles. The highest BCUT2D eigenvalue weighted by Crippen LogP contribution is 2.65. The van der Waals surface area contributed by atoms with Gasteiger partial charge in [-0.15, -0.1) is 0 Å². The molecular formula is C28H37N. The van der Waals surface area contributed by atoms with Crippen molar-refractivity contribution in [2.24, 2.45) is 29.1 Å². The van der Waals surface area contributed by atoms with Crippen molar-refractivity contribution in [1.82, 2.24) is 4.98 Å². The van der Waals surface area contributed by atoms with Crippen LogP contribution in [-0.2, 0) is 0 Å². The van der Waals surface area contributed by atoms with Crippen LogP contribution in [0.1, 0.15) is 59.8 Å². The van der Waals surface area contributed by atoms with Crippen molar-refractivity contribution >= 4 is 10.9 Å². The van der Waals surface area contributed by atoms with E-state index in [2.05, 4.69) is 67.4 Å². The van der Waals surface area contributed by atoms with E-state index in [1.54, 1.807) is 32.1 Å². The van der Waals surface area contributed by atoms with E-state index in [1.807, 2.05) is 26.0 Å². The summed E-state index contributed by atoms with van der Waals surface area (Å²) >= 11 is 0. The van der Waals surface area contributed by atoms with Crippen molar-refractivity contribution in [1.29, 1.82) is 0 Å². The fourth-order valence-corrected chi connectivity index (χ4v) is 6.59. The maximum absolute atomic E-state index is 3.41. The number of benzene rings is 2. The molecule has 4 unspecified atom stereocenters. The second kappa shape index (κ2) is 8.38. The Bertz CT molecular complexity index is 887. The third kappa shape index (κ3) is 3.89. The number of nitrogens with one attached hydrogen (secondary N) is 1. The standard InChI is InChI=1S/C14H11N.C12H20.C2H6/c1-2-6-11(7-3-1)14-10-12-8-4-5-9-13(12)15-14;1-12(2)7-8-6-11(12)10-5-3-4-9(8)10;1-2/h1-10,15H;8-11H,3-7H2,1-2H3;1-2H3. The molecule has 0 spiro atoms. The SMILES string of the molecule is CC.CC1(C)CC2CC1C1CCCC21.c1ccc(-c2cc3ccccc3[nH]2)cc1. The smallest absolute Gasteiger partial charge is 0.0464 e. The van der Waals surface area contributed by atoms with Gasteiger partial charge in [0.15, 0.2) is 0 Å². The van der Waals surface area contributed by atoms with Crippen LogP contribution in [0, 0.1) is 29.1 Å². The van der Waals surface area contributed by atoms with Gasteiger partial charge < -0.3 is 4.98 Å². The van der Waals surface area contributed by atoms with E-state index in [0.717, 1.165) is 17.8 Å². The zero-order valence-corrected chi connectivity index (χ0v) is 18.6. The number of aromatic amines is 1. The van der Waals surface area contributed by atoms with Crippen LogP contribution in [0.4, 0.5) is 0 Å². The highest BCUT2D eigenvalue weighted by atomic mass is 14.7. The van der Waals surface area contributed by atoms with Gasteiger partial charge in [0.2, 0.25) is 0 Å². The Morgan fingerprint density at radius 1 is 0.862 bits per heavy atom. The summed E-state index contributed by atoms with van der Waals surface area (Å²) in [5.74, 6) is 4.56. The molecule has 1 aromatic heterocycles. The van der Waals surface area contributed by atoms with Crippen LogP contribution in [-0.4, -0.2) is 4.98 Å². The Balaban J connectivity index is 0.000000133. The van der Waals surface area contributed by atoms with Crippen molar-refractivity contribution < 1.29 is 0 Å². The van der Waals surface area contributed by atoms with Crippen molar-refractivity contribution in [3.8, 4) is 11.3 Å². The molecule has 3 fully saturated rings. The monoisotopic (exact) mass is 387 g/mol. The van der Waals surface area contributed by atoms with Crippen LogP contribution in [0.15, 0.2) is 60.7 Å². The topological polar surface area (TPSA) is 15.8 Å². The average molecular weight is 388 g/mol. The van der Waals surface area contributed by atoms with Gasteiger partial charge in [0.05, 0.1) is 0 Å². The molecule has 0 amide bonds. The van der Waals surface area contributed by atoms with Crippen molar-refractivity contribution in [3.63, 3.8) is 0 Å². The predicted octanol–water partition coefficient (Wildman–Crippen LogP) is 8.33. The summed E-state index contributed by atoms with van der Waals surface area (Å²) in [6, 6.07) is 20.9. The van der Waals surface area contributed by atoms with Crippen LogP contribution in [0.3, 0.4) is 0 Å². The molecule has 6 rings (SSSR count). The van der Waals surface area contributed by atoms with E-state index in [4.69, 9.17) is 0 Å². The molecule has 0 saturated heterocycles. The molecule has 29 heavy (non-hydrogen) atoms. The summed E-state index contributed by atoms with van der Waals surface area (Å²) in [6.07, 6.45) is 7.80.